The second-order valence-corrected chi connectivity index (χ2v) is 14.3. The van der Waals surface area contributed by atoms with E-state index in [1.807, 2.05) is 78.9 Å². The first-order chi connectivity index (χ1) is 28.2. The summed E-state index contributed by atoms with van der Waals surface area (Å²) in [6, 6.07) is 59.8. The van der Waals surface area contributed by atoms with Crippen LogP contribution in [0.1, 0.15) is 0 Å². The molecule has 0 spiro atoms. The smallest absolute Gasteiger partial charge is 0.164 e. The molecule has 0 aliphatic rings. The minimum atomic E-state index is 0.554. The zero-order chi connectivity index (χ0) is 37.5. The lowest BCUT2D eigenvalue weighted by Crippen LogP contribution is -2.00. The summed E-state index contributed by atoms with van der Waals surface area (Å²) in [5.41, 5.74) is 11.8. The van der Waals surface area contributed by atoms with Crippen molar-refractivity contribution in [1.82, 2.24) is 15.0 Å². The molecule has 0 atom stereocenters. The first-order valence-corrected chi connectivity index (χ1v) is 18.9. The minimum absolute atomic E-state index is 0.554. The number of nitrogens with zero attached hydrogens (tertiary/aromatic N) is 3. The molecule has 4 aromatic heterocycles. The summed E-state index contributed by atoms with van der Waals surface area (Å²) in [4.78, 5) is 15.3. The lowest BCUT2D eigenvalue weighted by molar-refractivity contribution is 0.668. The fourth-order valence-corrected chi connectivity index (χ4v) is 8.32. The van der Waals surface area contributed by atoms with Crippen molar-refractivity contribution >= 4 is 65.8 Å². The highest BCUT2D eigenvalue weighted by atomic mass is 16.3. The van der Waals surface area contributed by atoms with Crippen LogP contribution in [0, 0.1) is 0 Å². The molecule has 0 saturated heterocycles. The second kappa shape index (κ2) is 12.3. The topological polar surface area (TPSA) is 78.1 Å². The van der Waals surface area contributed by atoms with Gasteiger partial charge < -0.3 is 13.3 Å². The molecule has 12 aromatic rings. The fourth-order valence-electron chi connectivity index (χ4n) is 8.32. The largest absolute Gasteiger partial charge is 0.456 e. The van der Waals surface area contributed by atoms with Gasteiger partial charge in [-0.2, -0.15) is 0 Å². The highest BCUT2D eigenvalue weighted by Crippen LogP contribution is 2.43. The molecule has 0 aliphatic carbocycles. The number of benzene rings is 8. The maximum Gasteiger partial charge on any atom is 0.164 e. The Morgan fingerprint density at radius 2 is 0.842 bits per heavy atom. The Morgan fingerprint density at radius 1 is 0.281 bits per heavy atom. The van der Waals surface area contributed by atoms with Crippen molar-refractivity contribution in [3.05, 3.63) is 176 Å². The zero-order valence-corrected chi connectivity index (χ0v) is 30.3. The van der Waals surface area contributed by atoms with Crippen LogP contribution in [-0.2, 0) is 0 Å². The molecule has 0 unspecified atom stereocenters. The van der Waals surface area contributed by atoms with Crippen molar-refractivity contribution < 1.29 is 13.3 Å². The van der Waals surface area contributed by atoms with E-state index in [0.717, 1.165) is 105 Å². The van der Waals surface area contributed by atoms with Crippen molar-refractivity contribution in [2.45, 2.75) is 0 Å². The molecule has 6 heteroatoms. The SMILES string of the molecule is c1ccc(-c2nc(-c3ccc4c(c3)oc3ccccc34)nc(-c3cccc4oc5ccc(-c6cccc7oc8c(-c9ccccc9)cccc8c67)cc5c34)n2)cc1. The van der Waals surface area contributed by atoms with Crippen molar-refractivity contribution in [3.63, 3.8) is 0 Å². The van der Waals surface area contributed by atoms with Gasteiger partial charge in [-0.1, -0.05) is 133 Å². The summed E-state index contributed by atoms with van der Waals surface area (Å²) in [6.45, 7) is 0. The number of furan rings is 3. The highest BCUT2D eigenvalue weighted by molar-refractivity contribution is 6.17. The molecule has 0 aliphatic heterocycles. The van der Waals surface area contributed by atoms with Crippen LogP contribution in [0.3, 0.4) is 0 Å². The lowest BCUT2D eigenvalue weighted by atomic mass is 9.96. The number of rotatable bonds is 5. The van der Waals surface area contributed by atoms with Gasteiger partial charge in [0.2, 0.25) is 0 Å². The summed E-state index contributed by atoms with van der Waals surface area (Å²) in [7, 11) is 0. The first-order valence-electron chi connectivity index (χ1n) is 18.9. The third-order valence-corrected chi connectivity index (χ3v) is 11.0. The second-order valence-electron chi connectivity index (χ2n) is 14.3. The molecular formula is C51H29N3O3. The van der Waals surface area contributed by atoms with Crippen molar-refractivity contribution in [3.8, 4) is 56.4 Å². The van der Waals surface area contributed by atoms with E-state index in [-0.39, 0.29) is 0 Å². The van der Waals surface area contributed by atoms with Crippen LogP contribution in [0.5, 0.6) is 0 Å². The minimum Gasteiger partial charge on any atom is -0.456 e. The van der Waals surface area contributed by atoms with E-state index in [1.165, 1.54) is 0 Å². The van der Waals surface area contributed by atoms with Gasteiger partial charge >= 0.3 is 0 Å². The van der Waals surface area contributed by atoms with E-state index in [4.69, 9.17) is 28.2 Å². The van der Waals surface area contributed by atoms with Crippen LogP contribution in [0.15, 0.2) is 189 Å². The monoisotopic (exact) mass is 731 g/mol. The van der Waals surface area contributed by atoms with Gasteiger partial charge in [-0.05, 0) is 59.2 Å². The average Bonchev–Trinajstić information content (AvgIpc) is 3.97. The van der Waals surface area contributed by atoms with Gasteiger partial charge in [0.15, 0.2) is 17.5 Å². The molecular weight excluding hydrogens is 703 g/mol. The van der Waals surface area contributed by atoms with Crippen molar-refractivity contribution in [2.75, 3.05) is 0 Å². The number of para-hydroxylation sites is 2. The molecule has 0 bridgehead atoms. The molecule has 0 amide bonds. The first kappa shape index (κ1) is 31.5. The van der Waals surface area contributed by atoms with Crippen molar-refractivity contribution in [2.24, 2.45) is 0 Å². The van der Waals surface area contributed by atoms with Crippen LogP contribution in [0.2, 0.25) is 0 Å². The predicted octanol–water partition coefficient (Wildman–Crippen LogP) is 13.9. The van der Waals surface area contributed by atoms with E-state index in [0.29, 0.717) is 17.5 Å². The van der Waals surface area contributed by atoms with Crippen LogP contribution in [-0.4, -0.2) is 15.0 Å². The standard InChI is InChI=1S/C51H29N3O3/c1-3-12-30(13-4-1)35-18-9-19-38-46-34(17-10-23-44(46)57-48(35)38)32-25-27-42-40(28-32)47-39(20-11-22-43(47)55-42)51-53-49(31-14-5-2-6-15-31)52-50(54-51)33-24-26-37-36-16-7-8-21-41(36)56-45(37)29-33/h1-29H. The van der Waals surface area contributed by atoms with Gasteiger partial charge in [0.1, 0.15) is 33.5 Å². The number of aromatic nitrogens is 3. The number of hydrogen-bond acceptors (Lipinski definition) is 6. The molecule has 12 rings (SSSR count). The van der Waals surface area contributed by atoms with Gasteiger partial charge in [-0.3, -0.25) is 0 Å². The Labute approximate surface area is 325 Å². The number of hydrogen-bond donors (Lipinski definition) is 0. The zero-order valence-electron chi connectivity index (χ0n) is 30.3. The molecule has 0 N–H and O–H groups in total. The highest BCUT2D eigenvalue weighted by Gasteiger charge is 2.21. The van der Waals surface area contributed by atoms with E-state index < -0.39 is 0 Å². The Bertz CT molecular complexity index is 3530. The summed E-state index contributed by atoms with van der Waals surface area (Å²) in [5, 5.41) is 6.19. The van der Waals surface area contributed by atoms with Gasteiger partial charge in [0.25, 0.3) is 0 Å². The maximum absolute atomic E-state index is 6.61. The summed E-state index contributed by atoms with van der Waals surface area (Å²) >= 11 is 0. The average molecular weight is 732 g/mol. The molecule has 0 saturated carbocycles. The van der Waals surface area contributed by atoms with Gasteiger partial charge in [0, 0.05) is 54.6 Å². The van der Waals surface area contributed by atoms with Crippen LogP contribution in [0.4, 0.5) is 0 Å². The Kier molecular flexibility index (Phi) is 6.83. The molecule has 0 radical (unpaired) electrons. The molecule has 4 heterocycles. The third kappa shape index (κ3) is 5.01. The summed E-state index contributed by atoms with van der Waals surface area (Å²) < 4.78 is 19.4. The van der Waals surface area contributed by atoms with Crippen LogP contribution >= 0.6 is 0 Å². The van der Waals surface area contributed by atoms with Gasteiger partial charge in [0.05, 0.1) is 0 Å². The quantitative estimate of drug-likeness (QED) is 0.175. The molecule has 57 heavy (non-hydrogen) atoms. The van der Waals surface area contributed by atoms with E-state index in [9.17, 15) is 0 Å². The summed E-state index contributed by atoms with van der Waals surface area (Å²) in [5.74, 6) is 1.69. The maximum atomic E-state index is 6.61. The molecule has 6 nitrogen and oxygen atoms in total. The normalized spacial score (nSPS) is 11.9. The van der Waals surface area contributed by atoms with E-state index >= 15 is 0 Å². The fraction of sp³-hybridized carbons (Fsp3) is 0. The van der Waals surface area contributed by atoms with Crippen LogP contribution in [0.25, 0.3) is 122 Å². The van der Waals surface area contributed by atoms with Crippen molar-refractivity contribution in [1.29, 1.82) is 0 Å². The number of fused-ring (bicyclic) bond motifs is 9. The van der Waals surface area contributed by atoms with E-state index in [1.54, 1.807) is 0 Å². The van der Waals surface area contributed by atoms with Gasteiger partial charge in [-0.15, -0.1) is 0 Å². The predicted molar refractivity (Wildman–Crippen MR) is 229 cm³/mol. The molecule has 8 aromatic carbocycles. The summed E-state index contributed by atoms with van der Waals surface area (Å²) in [6.07, 6.45) is 0. The molecule has 266 valence electrons. The Balaban J connectivity index is 1.05. The lowest BCUT2D eigenvalue weighted by Gasteiger charge is -2.09. The Morgan fingerprint density at radius 3 is 1.68 bits per heavy atom. The van der Waals surface area contributed by atoms with E-state index in [2.05, 4.69) is 97.1 Å². The molecule has 0 fully saturated rings. The van der Waals surface area contributed by atoms with Crippen LogP contribution < -0.4 is 0 Å². The Hall–Kier alpha value is -7.83. The third-order valence-electron chi connectivity index (χ3n) is 11.0. The van der Waals surface area contributed by atoms with Gasteiger partial charge in [-0.25, -0.2) is 15.0 Å².